The molecule has 11 nitrogen and oxygen atoms in total. The summed E-state index contributed by atoms with van der Waals surface area (Å²) in [6.07, 6.45) is -0.894. The first-order valence-corrected chi connectivity index (χ1v) is 8.22. The molecule has 0 atom stereocenters. The fourth-order valence-electron chi connectivity index (χ4n) is 2.21. The van der Waals surface area contributed by atoms with Gasteiger partial charge in [-0.25, -0.2) is 19.3 Å². The molecule has 1 aromatic carbocycles. The van der Waals surface area contributed by atoms with E-state index in [2.05, 4.69) is 24.8 Å². The zero-order chi connectivity index (χ0) is 21.4. The fourth-order valence-corrected chi connectivity index (χ4v) is 2.21. The first-order valence-electron chi connectivity index (χ1n) is 8.22. The Labute approximate surface area is 195 Å². The molecule has 30 heavy (non-hydrogen) atoms. The normalized spacial score (nSPS) is 9.60. The van der Waals surface area contributed by atoms with Crippen molar-refractivity contribution in [2.75, 3.05) is 33.8 Å². The number of ether oxygens (including phenoxy) is 4. The number of urea groups is 1. The molecule has 1 N–H and O–H groups in total. The van der Waals surface area contributed by atoms with E-state index in [1.165, 1.54) is 39.5 Å². The van der Waals surface area contributed by atoms with Gasteiger partial charge in [0.1, 0.15) is 0 Å². The molecule has 0 aliphatic rings. The molecular formula is C18H21N4NaO7. The van der Waals surface area contributed by atoms with Crippen LogP contribution < -0.4 is 14.8 Å². The van der Waals surface area contributed by atoms with Gasteiger partial charge in [0.2, 0.25) is 17.7 Å². The van der Waals surface area contributed by atoms with Gasteiger partial charge < -0.3 is 18.9 Å². The molecule has 0 spiro atoms. The maximum atomic E-state index is 12.6. The molecule has 12 heteroatoms. The summed E-state index contributed by atoms with van der Waals surface area (Å²) in [7, 11) is 5.21. The minimum absolute atomic E-state index is 0. The monoisotopic (exact) mass is 428 g/mol. The summed E-state index contributed by atoms with van der Waals surface area (Å²) in [5.41, 5.74) is 0.907. The summed E-state index contributed by atoms with van der Waals surface area (Å²) in [5, 5.41) is 2.40. The third-order valence-corrected chi connectivity index (χ3v) is 3.67. The Morgan fingerprint density at radius 1 is 0.933 bits per heavy atom. The number of nitrogens with one attached hydrogen (secondary N) is 1. The summed E-state index contributed by atoms with van der Waals surface area (Å²) >= 11 is 0. The topological polar surface area (TPSA) is 129 Å². The van der Waals surface area contributed by atoms with Crippen LogP contribution >= 0.6 is 0 Å². The van der Waals surface area contributed by atoms with Crippen molar-refractivity contribution in [3.63, 3.8) is 0 Å². The van der Waals surface area contributed by atoms with Crippen molar-refractivity contribution in [1.82, 2.24) is 14.9 Å². The van der Waals surface area contributed by atoms with Gasteiger partial charge in [-0.05, 0) is 17.7 Å². The summed E-state index contributed by atoms with van der Waals surface area (Å²) < 4.78 is 19.3. The molecule has 0 bridgehead atoms. The number of esters is 1. The van der Waals surface area contributed by atoms with E-state index in [1.54, 1.807) is 12.1 Å². The average molecular weight is 428 g/mol. The van der Waals surface area contributed by atoms with Crippen molar-refractivity contribution in [3.8, 4) is 11.8 Å². The summed E-state index contributed by atoms with van der Waals surface area (Å²) in [5.74, 6) is -0.297. The van der Waals surface area contributed by atoms with E-state index in [0.29, 0.717) is 11.1 Å². The number of nitrogens with zero attached hydrogens (tertiary/aromatic N) is 3. The molecule has 1 aromatic heterocycles. The van der Waals surface area contributed by atoms with Gasteiger partial charge in [0.15, 0.2) is 0 Å². The van der Waals surface area contributed by atoms with E-state index in [-0.39, 0.29) is 53.8 Å². The number of hydrogen-bond donors (Lipinski definition) is 1. The van der Waals surface area contributed by atoms with Crippen molar-refractivity contribution in [2.24, 2.45) is 0 Å². The van der Waals surface area contributed by atoms with Crippen molar-refractivity contribution in [3.05, 3.63) is 41.5 Å². The fraction of sp³-hybridized carbons (Fsp3) is 0.278. The molecule has 3 amide bonds. The van der Waals surface area contributed by atoms with Crippen LogP contribution in [-0.4, -0.2) is 91.0 Å². The van der Waals surface area contributed by atoms with Crippen LogP contribution in [0.3, 0.4) is 0 Å². The molecule has 0 unspecified atom stereocenters. The molecule has 0 radical (unpaired) electrons. The van der Waals surface area contributed by atoms with Crippen LogP contribution in [-0.2, 0) is 16.0 Å². The number of aromatic nitrogens is 2. The molecule has 2 aromatic rings. The Balaban J connectivity index is 0.00000450. The standard InChI is InChI=1S/C18H20N4O7.Na.H/c1-26-13-9-14(27-2)20-16(19-13)21-17(24)22(18(25)29-4)10-11-5-7-12(8-6-11)15(23)28-3;;/h5-9H,10H2,1-4H3,(H,19,20,21,24);;. The number of carbonyl (C=O) groups is 3. The predicted molar refractivity (Wildman–Crippen MR) is 107 cm³/mol. The van der Waals surface area contributed by atoms with Crippen LogP contribution in [0.2, 0.25) is 0 Å². The quantitative estimate of drug-likeness (QED) is 0.536. The number of imide groups is 1. The van der Waals surface area contributed by atoms with E-state index in [9.17, 15) is 14.4 Å². The van der Waals surface area contributed by atoms with Crippen LogP contribution in [0.25, 0.3) is 0 Å². The Kier molecular flexibility index (Phi) is 10.0. The number of hydrogen-bond acceptors (Lipinski definition) is 9. The second-order valence-corrected chi connectivity index (χ2v) is 5.45. The number of benzene rings is 1. The molecule has 0 fully saturated rings. The molecule has 1 heterocycles. The van der Waals surface area contributed by atoms with E-state index in [1.807, 2.05) is 0 Å². The Morgan fingerprint density at radius 2 is 1.50 bits per heavy atom. The maximum absolute atomic E-state index is 12.6. The minimum atomic E-state index is -0.894. The SMILES string of the molecule is COC(=O)c1ccc(CN(C(=O)Nc2nc(OC)cc(OC)n2)C(=O)OC)cc1.[NaH]. The predicted octanol–water partition coefficient (Wildman–Crippen LogP) is 1.43. The average Bonchev–Trinajstić information content (AvgIpc) is 2.76. The third-order valence-electron chi connectivity index (χ3n) is 3.67. The van der Waals surface area contributed by atoms with Crippen molar-refractivity contribution < 1.29 is 33.3 Å². The zero-order valence-corrected chi connectivity index (χ0v) is 16.3. The molecular weight excluding hydrogens is 407 g/mol. The van der Waals surface area contributed by atoms with Gasteiger partial charge >= 0.3 is 47.7 Å². The van der Waals surface area contributed by atoms with Gasteiger partial charge in [-0.3, -0.25) is 5.32 Å². The van der Waals surface area contributed by atoms with Gasteiger partial charge in [-0.15, -0.1) is 0 Å². The van der Waals surface area contributed by atoms with Gasteiger partial charge in [0.05, 0.1) is 46.6 Å². The first-order chi connectivity index (χ1) is 13.9. The second kappa shape index (κ2) is 12.0. The van der Waals surface area contributed by atoms with Gasteiger partial charge in [0, 0.05) is 0 Å². The zero-order valence-electron chi connectivity index (χ0n) is 16.3. The second-order valence-electron chi connectivity index (χ2n) is 5.45. The number of carbonyl (C=O) groups excluding carboxylic acids is 3. The molecule has 2 rings (SSSR count). The van der Waals surface area contributed by atoms with E-state index < -0.39 is 18.1 Å². The van der Waals surface area contributed by atoms with Crippen LogP contribution in [0.4, 0.5) is 15.5 Å². The van der Waals surface area contributed by atoms with Crippen LogP contribution in [0.5, 0.6) is 11.8 Å². The van der Waals surface area contributed by atoms with E-state index in [0.717, 1.165) is 12.0 Å². The van der Waals surface area contributed by atoms with E-state index in [4.69, 9.17) is 9.47 Å². The summed E-state index contributed by atoms with van der Waals surface area (Å²) in [6.45, 7) is -0.124. The Hall–Kier alpha value is -2.89. The van der Waals surface area contributed by atoms with Gasteiger partial charge in [-0.2, -0.15) is 9.97 Å². The number of methoxy groups -OCH3 is 4. The van der Waals surface area contributed by atoms with Crippen molar-refractivity contribution in [1.29, 1.82) is 0 Å². The van der Waals surface area contributed by atoms with Crippen LogP contribution in [0, 0.1) is 0 Å². The van der Waals surface area contributed by atoms with Gasteiger partial charge in [-0.1, -0.05) is 12.1 Å². The Morgan fingerprint density at radius 3 is 1.97 bits per heavy atom. The molecule has 156 valence electrons. The third kappa shape index (κ3) is 6.58. The summed E-state index contributed by atoms with van der Waals surface area (Å²) in [6, 6.07) is 6.80. The van der Waals surface area contributed by atoms with Crippen molar-refractivity contribution >= 4 is 53.6 Å². The summed E-state index contributed by atoms with van der Waals surface area (Å²) in [4.78, 5) is 45.0. The first kappa shape index (κ1) is 25.1. The number of anilines is 1. The van der Waals surface area contributed by atoms with E-state index >= 15 is 0 Å². The van der Waals surface area contributed by atoms with Gasteiger partial charge in [0.25, 0.3) is 0 Å². The molecule has 0 saturated carbocycles. The van der Waals surface area contributed by atoms with Crippen LogP contribution in [0.15, 0.2) is 30.3 Å². The van der Waals surface area contributed by atoms with Crippen LogP contribution in [0.1, 0.15) is 15.9 Å². The number of rotatable bonds is 6. The molecule has 0 aliphatic carbocycles. The Bertz CT molecular complexity index is 870. The molecule has 0 saturated heterocycles. The molecule has 0 aliphatic heterocycles. The number of amides is 3. The van der Waals surface area contributed by atoms with Crippen molar-refractivity contribution in [2.45, 2.75) is 6.54 Å².